The molecule has 0 radical (unpaired) electrons. The van der Waals surface area contributed by atoms with Crippen molar-refractivity contribution in [3.05, 3.63) is 26.8 Å². The quantitative estimate of drug-likeness (QED) is 0.600. The predicted molar refractivity (Wildman–Crippen MR) is 47.4 cm³/mol. The maximum Gasteiger partial charge on any atom is 0.369 e. The highest BCUT2D eigenvalue weighted by Gasteiger charge is 2.26. The van der Waals surface area contributed by atoms with E-state index in [1.165, 1.54) is 0 Å². The van der Waals surface area contributed by atoms with E-state index < -0.39 is 33.6 Å². The minimum absolute atomic E-state index is 0.441. The van der Waals surface area contributed by atoms with Gasteiger partial charge in [-0.15, -0.1) is 0 Å². The van der Waals surface area contributed by atoms with Gasteiger partial charge < -0.3 is 14.9 Å². The van der Waals surface area contributed by atoms with Crippen LogP contribution in [0.25, 0.3) is 0 Å². The first-order chi connectivity index (χ1) is 6.97. The fraction of sp³-hybridized carbons (Fsp3) is 0.286. The zero-order chi connectivity index (χ0) is 11.6. The summed E-state index contributed by atoms with van der Waals surface area (Å²) < 4.78 is 29.4. The van der Waals surface area contributed by atoms with Crippen LogP contribution in [0.1, 0.15) is 12.0 Å². The molecule has 5 nitrogen and oxygen atoms in total. The summed E-state index contributed by atoms with van der Waals surface area (Å²) in [4.78, 5) is 12.8. The van der Waals surface area contributed by atoms with Crippen LogP contribution in [0.2, 0.25) is 5.02 Å². The van der Waals surface area contributed by atoms with Gasteiger partial charge in [0.15, 0.2) is 0 Å². The standard InChI is InChI=1S/C7H5ClF2N2O3/c1-15-7-5(6(9)10)3(8)2-4(11-7)12(13)14/h2,6H,1H3. The van der Waals surface area contributed by atoms with Crippen molar-refractivity contribution in [1.29, 1.82) is 0 Å². The lowest BCUT2D eigenvalue weighted by Crippen LogP contribution is -2.00. The van der Waals surface area contributed by atoms with Gasteiger partial charge in [-0.2, -0.15) is 0 Å². The molecule has 0 aromatic carbocycles. The van der Waals surface area contributed by atoms with Crippen molar-refractivity contribution in [2.75, 3.05) is 7.11 Å². The van der Waals surface area contributed by atoms with E-state index in [1.54, 1.807) is 0 Å². The van der Waals surface area contributed by atoms with E-state index in [2.05, 4.69) is 9.72 Å². The lowest BCUT2D eigenvalue weighted by Gasteiger charge is -2.04. The SMILES string of the molecule is COc1nc([N+](=O)[O-])cc(Cl)c1C(F)F. The number of methoxy groups -OCH3 is 1. The summed E-state index contributed by atoms with van der Waals surface area (Å²) in [5.74, 6) is -1.18. The Morgan fingerprint density at radius 3 is 2.67 bits per heavy atom. The van der Waals surface area contributed by atoms with Gasteiger partial charge in [0.2, 0.25) is 0 Å². The van der Waals surface area contributed by atoms with Crippen molar-refractivity contribution in [3.8, 4) is 5.88 Å². The van der Waals surface area contributed by atoms with Crippen molar-refractivity contribution in [2.24, 2.45) is 0 Å². The Labute approximate surface area is 87.8 Å². The minimum Gasteiger partial charge on any atom is -0.462 e. The molecule has 0 fully saturated rings. The highest BCUT2D eigenvalue weighted by Crippen LogP contribution is 2.35. The van der Waals surface area contributed by atoms with Crippen molar-refractivity contribution >= 4 is 17.4 Å². The molecule has 0 aliphatic carbocycles. The third-order valence-corrected chi connectivity index (χ3v) is 1.87. The second-order valence-electron chi connectivity index (χ2n) is 2.44. The van der Waals surface area contributed by atoms with Crippen LogP contribution in [0, 0.1) is 10.1 Å². The van der Waals surface area contributed by atoms with Crippen LogP contribution in [-0.2, 0) is 0 Å². The van der Waals surface area contributed by atoms with E-state index in [9.17, 15) is 18.9 Å². The Hall–Kier alpha value is -1.50. The summed E-state index contributed by atoms with van der Waals surface area (Å²) in [7, 11) is 1.08. The van der Waals surface area contributed by atoms with Crippen LogP contribution in [0.3, 0.4) is 0 Å². The van der Waals surface area contributed by atoms with Gasteiger partial charge in [-0.25, -0.2) is 8.78 Å². The molecule has 0 spiro atoms. The van der Waals surface area contributed by atoms with Gasteiger partial charge in [0.25, 0.3) is 6.43 Å². The molecule has 0 N–H and O–H groups in total. The molecule has 8 heteroatoms. The molecule has 0 atom stereocenters. The third kappa shape index (κ3) is 2.30. The van der Waals surface area contributed by atoms with E-state index in [1.807, 2.05) is 0 Å². The van der Waals surface area contributed by atoms with Gasteiger partial charge in [0.1, 0.15) is 5.56 Å². The molecule has 0 aliphatic rings. The summed E-state index contributed by atoms with van der Waals surface area (Å²) in [6.07, 6.45) is -2.90. The summed E-state index contributed by atoms with van der Waals surface area (Å²) in [5.41, 5.74) is -0.648. The van der Waals surface area contributed by atoms with Gasteiger partial charge in [-0.1, -0.05) is 11.6 Å². The largest absolute Gasteiger partial charge is 0.462 e. The molecule has 0 amide bonds. The van der Waals surface area contributed by atoms with Crippen LogP contribution in [0.5, 0.6) is 5.88 Å². The Kier molecular flexibility index (Phi) is 3.35. The maximum atomic E-state index is 12.4. The van der Waals surface area contributed by atoms with Gasteiger partial charge in [-0.3, -0.25) is 0 Å². The van der Waals surface area contributed by atoms with Gasteiger partial charge in [0.05, 0.1) is 18.2 Å². The number of nitrogens with zero attached hydrogens (tertiary/aromatic N) is 2. The monoisotopic (exact) mass is 238 g/mol. The van der Waals surface area contributed by atoms with Gasteiger partial charge >= 0.3 is 11.7 Å². The zero-order valence-corrected chi connectivity index (χ0v) is 8.16. The molecular weight excluding hydrogens is 234 g/mol. The first-order valence-electron chi connectivity index (χ1n) is 3.64. The number of pyridine rings is 1. The van der Waals surface area contributed by atoms with Crippen LogP contribution < -0.4 is 4.74 Å². The first-order valence-corrected chi connectivity index (χ1v) is 4.02. The minimum atomic E-state index is -2.90. The van der Waals surface area contributed by atoms with E-state index in [-0.39, 0.29) is 0 Å². The van der Waals surface area contributed by atoms with Crippen molar-refractivity contribution in [1.82, 2.24) is 4.98 Å². The Morgan fingerprint density at radius 2 is 2.27 bits per heavy atom. The summed E-state index contributed by atoms with van der Waals surface area (Å²) in [6.45, 7) is 0. The molecule has 1 heterocycles. The van der Waals surface area contributed by atoms with Crippen molar-refractivity contribution in [3.63, 3.8) is 0 Å². The normalized spacial score (nSPS) is 10.5. The molecule has 82 valence electrons. The number of hydrogen-bond donors (Lipinski definition) is 0. The maximum absolute atomic E-state index is 12.4. The third-order valence-electron chi connectivity index (χ3n) is 1.56. The number of halogens is 3. The molecule has 0 bridgehead atoms. The Balaban J connectivity index is 3.37. The van der Waals surface area contributed by atoms with Gasteiger partial charge in [0, 0.05) is 4.98 Å². The molecule has 1 rings (SSSR count). The highest BCUT2D eigenvalue weighted by atomic mass is 35.5. The van der Waals surface area contributed by atoms with E-state index in [4.69, 9.17) is 11.6 Å². The van der Waals surface area contributed by atoms with Crippen molar-refractivity contribution in [2.45, 2.75) is 6.43 Å². The molecule has 0 saturated carbocycles. The fourth-order valence-electron chi connectivity index (χ4n) is 0.936. The Bertz CT molecular complexity index is 400. The average Bonchev–Trinajstić information content (AvgIpc) is 2.15. The number of aromatic nitrogens is 1. The van der Waals surface area contributed by atoms with E-state index in [0.29, 0.717) is 0 Å². The number of rotatable bonds is 3. The number of hydrogen-bond acceptors (Lipinski definition) is 4. The number of alkyl halides is 2. The van der Waals surface area contributed by atoms with Crippen molar-refractivity contribution < 1.29 is 18.4 Å². The molecule has 0 saturated heterocycles. The number of ether oxygens (including phenoxy) is 1. The molecule has 15 heavy (non-hydrogen) atoms. The summed E-state index contributed by atoms with van der Waals surface area (Å²) >= 11 is 5.45. The lowest BCUT2D eigenvalue weighted by molar-refractivity contribution is -0.389. The topological polar surface area (TPSA) is 65.3 Å². The van der Waals surface area contributed by atoms with Gasteiger partial charge in [-0.05, 0) is 4.92 Å². The molecule has 0 unspecified atom stereocenters. The molecule has 1 aromatic heterocycles. The van der Waals surface area contributed by atoms with Crippen LogP contribution in [-0.4, -0.2) is 17.0 Å². The molecular formula is C7H5ClF2N2O3. The average molecular weight is 239 g/mol. The highest BCUT2D eigenvalue weighted by molar-refractivity contribution is 6.31. The predicted octanol–water partition coefficient (Wildman–Crippen LogP) is 2.59. The fourth-order valence-corrected chi connectivity index (χ4v) is 1.20. The summed E-state index contributed by atoms with van der Waals surface area (Å²) in [5, 5.41) is 9.90. The van der Waals surface area contributed by atoms with Crippen LogP contribution >= 0.6 is 11.6 Å². The molecule has 0 aliphatic heterocycles. The Morgan fingerprint density at radius 1 is 1.67 bits per heavy atom. The zero-order valence-electron chi connectivity index (χ0n) is 7.41. The second kappa shape index (κ2) is 4.35. The first kappa shape index (κ1) is 11.6. The second-order valence-corrected chi connectivity index (χ2v) is 2.85. The smallest absolute Gasteiger partial charge is 0.369 e. The lowest BCUT2D eigenvalue weighted by atomic mass is 10.2. The van der Waals surface area contributed by atoms with E-state index >= 15 is 0 Å². The number of nitro groups is 1. The van der Waals surface area contributed by atoms with Crippen LogP contribution in [0.4, 0.5) is 14.6 Å². The molecule has 1 aromatic rings. The van der Waals surface area contributed by atoms with Crippen LogP contribution in [0.15, 0.2) is 6.07 Å². The summed E-state index contributed by atoms with van der Waals surface area (Å²) in [6, 6.07) is 0.756. The van der Waals surface area contributed by atoms with E-state index in [0.717, 1.165) is 13.2 Å².